The van der Waals surface area contributed by atoms with Crippen molar-refractivity contribution in [1.82, 2.24) is 10.3 Å². The number of aromatic nitrogens is 1. The van der Waals surface area contributed by atoms with E-state index in [4.69, 9.17) is 16.3 Å². The first-order valence-corrected chi connectivity index (χ1v) is 5.53. The number of carbonyl (C=O) groups excluding carboxylic acids is 1. The van der Waals surface area contributed by atoms with Crippen LogP contribution in [0, 0.1) is 0 Å². The molecule has 4 nitrogen and oxygen atoms in total. The van der Waals surface area contributed by atoms with E-state index in [2.05, 4.69) is 10.3 Å². The van der Waals surface area contributed by atoms with Crippen molar-refractivity contribution in [2.45, 2.75) is 24.9 Å². The Morgan fingerprint density at radius 2 is 2.44 bits per heavy atom. The summed E-state index contributed by atoms with van der Waals surface area (Å²) in [5, 5.41) is 3.88. The van der Waals surface area contributed by atoms with Gasteiger partial charge < -0.3 is 4.74 Å². The van der Waals surface area contributed by atoms with Gasteiger partial charge in [-0.15, -0.1) is 0 Å². The molecule has 0 unspecified atom stereocenters. The number of rotatable bonds is 2. The zero-order chi connectivity index (χ0) is 11.5. The number of nitrogens with one attached hydrogen (secondary N) is 1. The molecule has 16 heavy (non-hydrogen) atoms. The molecule has 5 heteroatoms. The van der Waals surface area contributed by atoms with Crippen molar-refractivity contribution < 1.29 is 9.53 Å². The Morgan fingerprint density at radius 1 is 1.62 bits per heavy atom. The zero-order valence-corrected chi connectivity index (χ0v) is 9.70. The Hall–Kier alpha value is -1.13. The van der Waals surface area contributed by atoms with Gasteiger partial charge in [-0.05, 0) is 18.9 Å². The average Bonchev–Trinajstić information content (AvgIpc) is 2.78. The van der Waals surface area contributed by atoms with Crippen molar-refractivity contribution in [3.63, 3.8) is 0 Å². The molecule has 0 bridgehead atoms. The summed E-state index contributed by atoms with van der Waals surface area (Å²) in [6.45, 7) is 0. The number of pyridine rings is 1. The van der Waals surface area contributed by atoms with E-state index in [0.717, 1.165) is 18.4 Å². The van der Waals surface area contributed by atoms with Gasteiger partial charge in [-0.2, -0.15) is 0 Å². The molecule has 1 fully saturated rings. The van der Waals surface area contributed by atoms with Crippen molar-refractivity contribution in [3.05, 3.63) is 29.0 Å². The molecule has 1 aromatic heterocycles. The van der Waals surface area contributed by atoms with Crippen LogP contribution in [0.2, 0.25) is 5.02 Å². The number of halogens is 1. The summed E-state index contributed by atoms with van der Waals surface area (Å²) >= 11 is 6.07. The summed E-state index contributed by atoms with van der Waals surface area (Å²) in [6.07, 6.45) is 5.02. The molecule has 1 saturated heterocycles. The molecule has 0 aromatic carbocycles. The Kier molecular flexibility index (Phi) is 3.41. The summed E-state index contributed by atoms with van der Waals surface area (Å²) in [6, 6.07) is 1.61. The molecule has 0 spiro atoms. The highest BCUT2D eigenvalue weighted by Gasteiger charge is 2.31. The first-order valence-electron chi connectivity index (χ1n) is 5.15. The maximum Gasteiger partial charge on any atom is 0.322 e. The number of methoxy groups -OCH3 is 1. The van der Waals surface area contributed by atoms with Crippen LogP contribution in [0.3, 0.4) is 0 Å². The summed E-state index contributed by atoms with van der Waals surface area (Å²) in [5.74, 6) is -0.220. The van der Waals surface area contributed by atoms with Gasteiger partial charge in [0.05, 0.1) is 7.11 Å². The predicted molar refractivity (Wildman–Crippen MR) is 60.2 cm³/mol. The Morgan fingerprint density at radius 3 is 3.12 bits per heavy atom. The summed E-state index contributed by atoms with van der Waals surface area (Å²) < 4.78 is 4.70. The average molecular weight is 241 g/mol. The van der Waals surface area contributed by atoms with Crippen LogP contribution in [0.5, 0.6) is 0 Å². The van der Waals surface area contributed by atoms with E-state index in [1.165, 1.54) is 7.11 Å². The Labute approximate surface area is 99.0 Å². The molecule has 2 heterocycles. The maximum absolute atomic E-state index is 11.3. The van der Waals surface area contributed by atoms with Gasteiger partial charge in [0, 0.05) is 29.0 Å². The Balaban J connectivity index is 2.09. The minimum Gasteiger partial charge on any atom is -0.468 e. The lowest BCUT2D eigenvalue weighted by Gasteiger charge is -2.13. The smallest absolute Gasteiger partial charge is 0.322 e. The highest BCUT2D eigenvalue weighted by atomic mass is 35.5. The fraction of sp³-hybridized carbons (Fsp3) is 0.455. The molecule has 1 aromatic rings. The van der Waals surface area contributed by atoms with E-state index >= 15 is 0 Å². The topological polar surface area (TPSA) is 51.2 Å². The fourth-order valence-corrected chi connectivity index (χ4v) is 2.20. The maximum atomic E-state index is 11.3. The van der Waals surface area contributed by atoms with Crippen molar-refractivity contribution in [2.75, 3.05) is 7.11 Å². The van der Waals surface area contributed by atoms with E-state index in [9.17, 15) is 4.79 Å². The third kappa shape index (κ3) is 2.18. The zero-order valence-electron chi connectivity index (χ0n) is 8.94. The number of hydrogen-bond donors (Lipinski definition) is 1. The van der Waals surface area contributed by atoms with Gasteiger partial charge in [-0.3, -0.25) is 15.1 Å². The van der Waals surface area contributed by atoms with Gasteiger partial charge in [0.1, 0.15) is 6.04 Å². The summed E-state index contributed by atoms with van der Waals surface area (Å²) in [4.78, 5) is 15.4. The second-order valence-electron chi connectivity index (χ2n) is 3.77. The van der Waals surface area contributed by atoms with Gasteiger partial charge in [-0.1, -0.05) is 11.6 Å². The monoisotopic (exact) mass is 240 g/mol. The second-order valence-corrected chi connectivity index (χ2v) is 4.18. The first-order chi connectivity index (χ1) is 7.72. The molecule has 0 radical (unpaired) electrons. The van der Waals surface area contributed by atoms with Crippen LogP contribution in [0.25, 0.3) is 0 Å². The molecular formula is C11H13ClN2O2. The summed E-state index contributed by atoms with van der Waals surface area (Å²) in [7, 11) is 1.40. The van der Waals surface area contributed by atoms with Gasteiger partial charge in [0.2, 0.25) is 0 Å². The molecule has 1 aliphatic rings. The highest BCUT2D eigenvalue weighted by molar-refractivity contribution is 6.31. The number of esters is 1. The number of ether oxygens (including phenoxy) is 1. The van der Waals surface area contributed by atoms with Crippen LogP contribution >= 0.6 is 11.6 Å². The molecule has 1 N–H and O–H groups in total. The molecule has 0 amide bonds. The minimum absolute atomic E-state index is 0.0882. The van der Waals surface area contributed by atoms with Gasteiger partial charge in [-0.25, -0.2) is 0 Å². The Bertz CT molecular complexity index is 397. The van der Waals surface area contributed by atoms with Crippen LogP contribution in [0.15, 0.2) is 18.5 Å². The van der Waals surface area contributed by atoms with Crippen molar-refractivity contribution in [1.29, 1.82) is 0 Å². The number of nitrogens with zero attached hydrogens (tertiary/aromatic N) is 1. The second kappa shape index (κ2) is 4.80. The van der Waals surface area contributed by atoms with Gasteiger partial charge in [0.15, 0.2) is 0 Å². The van der Waals surface area contributed by atoms with Gasteiger partial charge in [0.25, 0.3) is 0 Å². The van der Waals surface area contributed by atoms with Crippen LogP contribution < -0.4 is 5.32 Å². The number of hydrogen-bond acceptors (Lipinski definition) is 4. The van der Waals surface area contributed by atoms with E-state index < -0.39 is 0 Å². The SMILES string of the molecule is COC(=O)[C@H]1CC[C@@H](c2cnccc2Cl)N1. The molecule has 2 rings (SSSR count). The van der Waals surface area contributed by atoms with Crippen molar-refractivity contribution in [3.8, 4) is 0 Å². The first kappa shape index (κ1) is 11.4. The molecule has 0 saturated carbocycles. The third-order valence-electron chi connectivity index (χ3n) is 2.80. The van der Waals surface area contributed by atoms with Crippen LogP contribution in [-0.2, 0) is 9.53 Å². The van der Waals surface area contributed by atoms with Crippen molar-refractivity contribution in [2.24, 2.45) is 0 Å². The molecule has 1 aliphatic heterocycles. The van der Waals surface area contributed by atoms with Crippen LogP contribution in [-0.4, -0.2) is 24.1 Å². The fourth-order valence-electron chi connectivity index (χ4n) is 1.96. The lowest BCUT2D eigenvalue weighted by molar-refractivity contribution is -0.142. The predicted octanol–water partition coefficient (Wildman–Crippen LogP) is 1.70. The molecule has 2 atom stereocenters. The molecular weight excluding hydrogens is 228 g/mol. The molecule has 86 valence electrons. The lowest BCUT2D eigenvalue weighted by Crippen LogP contribution is -2.33. The quantitative estimate of drug-likeness (QED) is 0.800. The minimum atomic E-state index is -0.230. The normalized spacial score (nSPS) is 24.4. The van der Waals surface area contributed by atoms with Crippen LogP contribution in [0.1, 0.15) is 24.4 Å². The van der Waals surface area contributed by atoms with E-state index in [0.29, 0.717) is 5.02 Å². The van der Waals surface area contributed by atoms with Crippen LogP contribution in [0.4, 0.5) is 0 Å². The standard InChI is InChI=1S/C11H13ClN2O2/c1-16-11(15)10-3-2-9(14-10)7-6-13-5-4-8(7)12/h4-6,9-10,14H,2-3H2,1H3/t9-,10+/m0/s1. The van der Waals surface area contributed by atoms with Crippen molar-refractivity contribution >= 4 is 17.6 Å². The highest BCUT2D eigenvalue weighted by Crippen LogP contribution is 2.30. The largest absolute Gasteiger partial charge is 0.468 e. The summed E-state index contributed by atoms with van der Waals surface area (Å²) in [5.41, 5.74) is 0.940. The van der Waals surface area contributed by atoms with E-state index in [-0.39, 0.29) is 18.1 Å². The number of carbonyl (C=O) groups is 1. The van der Waals surface area contributed by atoms with E-state index in [1.807, 2.05) is 0 Å². The van der Waals surface area contributed by atoms with Gasteiger partial charge >= 0.3 is 5.97 Å². The lowest BCUT2D eigenvalue weighted by atomic mass is 10.1. The van der Waals surface area contributed by atoms with E-state index in [1.54, 1.807) is 18.5 Å². The third-order valence-corrected chi connectivity index (χ3v) is 3.15. The molecule has 0 aliphatic carbocycles.